The van der Waals surface area contributed by atoms with Gasteiger partial charge in [0, 0.05) is 39.3 Å². The summed E-state index contributed by atoms with van der Waals surface area (Å²) in [5.74, 6) is 0.847. The van der Waals surface area contributed by atoms with E-state index in [1.807, 2.05) is 24.3 Å². The zero-order chi connectivity index (χ0) is 18.6. The summed E-state index contributed by atoms with van der Waals surface area (Å²) in [5.41, 5.74) is 1.15. The average Bonchev–Trinajstić information content (AvgIpc) is 2.99. The van der Waals surface area contributed by atoms with Crippen molar-refractivity contribution < 1.29 is 19.4 Å². The number of rotatable bonds is 7. The Kier molecular flexibility index (Phi) is 5.92. The van der Waals surface area contributed by atoms with Crippen LogP contribution >= 0.6 is 0 Å². The molecule has 3 atom stereocenters. The fourth-order valence-electron chi connectivity index (χ4n) is 4.17. The Labute approximate surface area is 160 Å². The Morgan fingerprint density at radius 3 is 2.63 bits per heavy atom. The van der Waals surface area contributed by atoms with Crippen molar-refractivity contribution in [3.05, 3.63) is 29.8 Å². The number of benzene rings is 1. The number of carbonyl (C=O) groups excluding carboxylic acids is 1. The molecule has 1 aromatic rings. The zero-order valence-corrected chi connectivity index (χ0v) is 15.7. The molecule has 0 saturated carbocycles. The highest BCUT2D eigenvalue weighted by Crippen LogP contribution is 2.26. The number of aliphatic hydroxyl groups excluding tert-OH is 1. The Hall–Kier alpha value is -1.67. The molecule has 1 aromatic carbocycles. The molecule has 27 heavy (non-hydrogen) atoms. The number of hydrogen-bond acceptors (Lipinski definition) is 6. The van der Waals surface area contributed by atoms with Crippen molar-refractivity contribution in [1.29, 1.82) is 0 Å². The maximum Gasteiger partial charge on any atom is 0.234 e. The van der Waals surface area contributed by atoms with Crippen LogP contribution in [0.1, 0.15) is 18.4 Å². The molecule has 3 heterocycles. The van der Waals surface area contributed by atoms with Gasteiger partial charge in [0.15, 0.2) is 0 Å². The van der Waals surface area contributed by atoms with E-state index in [4.69, 9.17) is 9.47 Å². The van der Waals surface area contributed by atoms with Gasteiger partial charge in [-0.3, -0.25) is 14.6 Å². The van der Waals surface area contributed by atoms with E-state index in [1.165, 1.54) is 0 Å². The van der Waals surface area contributed by atoms with Crippen molar-refractivity contribution in [1.82, 2.24) is 15.1 Å². The van der Waals surface area contributed by atoms with Crippen LogP contribution in [-0.4, -0.2) is 85.0 Å². The molecular weight excluding hydrogens is 346 g/mol. The summed E-state index contributed by atoms with van der Waals surface area (Å²) in [6.07, 6.45) is 2.46. The average molecular weight is 375 g/mol. The van der Waals surface area contributed by atoms with Crippen LogP contribution in [0.3, 0.4) is 0 Å². The summed E-state index contributed by atoms with van der Waals surface area (Å²) in [4.78, 5) is 15.9. The minimum Gasteiger partial charge on any atom is -0.491 e. The van der Waals surface area contributed by atoms with Gasteiger partial charge < -0.3 is 19.9 Å². The van der Waals surface area contributed by atoms with Crippen LogP contribution in [0.25, 0.3) is 0 Å². The highest BCUT2D eigenvalue weighted by molar-refractivity contribution is 5.78. The number of likely N-dealkylation sites (tertiary alicyclic amines) is 1. The predicted molar refractivity (Wildman–Crippen MR) is 101 cm³/mol. The lowest BCUT2D eigenvalue weighted by Crippen LogP contribution is -2.47. The SMILES string of the molecule is O=C1CN(Cc2ccc(OCC(O)CN3C[C@H]4CC[C@@H](C3)O4)cc2)CCN1. The molecule has 148 valence electrons. The van der Waals surface area contributed by atoms with Crippen molar-refractivity contribution in [3.63, 3.8) is 0 Å². The normalized spacial score (nSPS) is 27.4. The highest BCUT2D eigenvalue weighted by Gasteiger charge is 2.34. The molecule has 2 N–H and O–H groups in total. The number of fused-ring (bicyclic) bond motifs is 2. The number of nitrogens with one attached hydrogen (secondary N) is 1. The van der Waals surface area contributed by atoms with Crippen LogP contribution in [0.2, 0.25) is 0 Å². The smallest absolute Gasteiger partial charge is 0.234 e. The second-order valence-electron chi connectivity index (χ2n) is 7.85. The van der Waals surface area contributed by atoms with E-state index in [9.17, 15) is 9.90 Å². The van der Waals surface area contributed by atoms with Crippen molar-refractivity contribution in [2.24, 2.45) is 0 Å². The molecule has 7 nitrogen and oxygen atoms in total. The molecule has 4 rings (SSSR count). The van der Waals surface area contributed by atoms with Crippen LogP contribution in [0.4, 0.5) is 0 Å². The summed E-state index contributed by atoms with van der Waals surface area (Å²) in [7, 11) is 0. The van der Waals surface area contributed by atoms with Crippen molar-refractivity contribution >= 4 is 5.91 Å². The molecule has 1 amide bonds. The van der Waals surface area contributed by atoms with Crippen molar-refractivity contribution in [3.8, 4) is 5.75 Å². The molecule has 0 aromatic heterocycles. The molecule has 3 aliphatic heterocycles. The van der Waals surface area contributed by atoms with E-state index >= 15 is 0 Å². The molecule has 3 aliphatic rings. The fourth-order valence-corrected chi connectivity index (χ4v) is 4.17. The lowest BCUT2D eigenvalue weighted by molar-refractivity contribution is -0.124. The van der Waals surface area contributed by atoms with Gasteiger partial charge in [-0.2, -0.15) is 0 Å². The molecule has 0 aliphatic carbocycles. The fraction of sp³-hybridized carbons (Fsp3) is 0.650. The van der Waals surface area contributed by atoms with Gasteiger partial charge in [-0.25, -0.2) is 0 Å². The maximum atomic E-state index is 11.4. The van der Waals surface area contributed by atoms with Crippen LogP contribution in [-0.2, 0) is 16.1 Å². The number of aliphatic hydroxyl groups is 1. The lowest BCUT2D eigenvalue weighted by atomic mass is 10.2. The number of β-amino-alcohol motifs (C(OH)–C–C–N with tert-alkyl or cyclic N) is 1. The maximum absolute atomic E-state index is 11.4. The molecule has 7 heteroatoms. The third-order valence-corrected chi connectivity index (χ3v) is 5.48. The first kappa shape index (κ1) is 18.7. The Morgan fingerprint density at radius 2 is 1.93 bits per heavy atom. The summed E-state index contributed by atoms with van der Waals surface area (Å²) in [5, 5.41) is 13.1. The largest absolute Gasteiger partial charge is 0.491 e. The number of piperazine rings is 1. The first-order valence-corrected chi connectivity index (χ1v) is 9.91. The van der Waals surface area contributed by atoms with Gasteiger partial charge in [-0.15, -0.1) is 0 Å². The first-order valence-electron chi connectivity index (χ1n) is 9.91. The second-order valence-corrected chi connectivity index (χ2v) is 7.85. The lowest BCUT2D eigenvalue weighted by Gasteiger charge is -2.33. The number of hydrogen-bond donors (Lipinski definition) is 2. The Bertz CT molecular complexity index is 627. The molecule has 1 unspecified atom stereocenters. The molecular formula is C20H29N3O4. The quantitative estimate of drug-likeness (QED) is 0.710. The molecule has 0 spiro atoms. The van der Waals surface area contributed by atoms with Gasteiger partial charge in [0.1, 0.15) is 18.5 Å². The van der Waals surface area contributed by atoms with Crippen LogP contribution in [0.5, 0.6) is 5.75 Å². The van der Waals surface area contributed by atoms with E-state index in [0.717, 1.165) is 50.3 Å². The van der Waals surface area contributed by atoms with Crippen LogP contribution in [0, 0.1) is 0 Å². The first-order chi connectivity index (χ1) is 13.1. The van der Waals surface area contributed by atoms with Gasteiger partial charge in [0.25, 0.3) is 0 Å². The topological polar surface area (TPSA) is 74.3 Å². The predicted octanol–water partition coefficient (Wildman–Crippen LogP) is 0.221. The molecule has 0 radical (unpaired) electrons. The van der Waals surface area contributed by atoms with Crippen molar-refractivity contribution in [2.45, 2.75) is 37.7 Å². The minimum absolute atomic E-state index is 0.0865. The van der Waals surface area contributed by atoms with E-state index < -0.39 is 6.10 Å². The highest BCUT2D eigenvalue weighted by atomic mass is 16.5. The summed E-state index contributed by atoms with van der Waals surface area (Å²) >= 11 is 0. The van der Waals surface area contributed by atoms with Crippen LogP contribution in [0.15, 0.2) is 24.3 Å². The summed E-state index contributed by atoms with van der Waals surface area (Å²) < 4.78 is 11.6. The molecule has 3 saturated heterocycles. The standard InChI is InChI=1S/C20H29N3O4/c24-16(10-23-11-18-5-6-19(12-23)27-18)14-26-17-3-1-15(2-4-17)9-22-8-7-21-20(25)13-22/h1-4,16,18-19,24H,5-14H2,(H,21,25)/t16?,18-,19+. The number of amides is 1. The van der Waals surface area contributed by atoms with Gasteiger partial charge in [0.2, 0.25) is 5.91 Å². The Morgan fingerprint density at radius 1 is 1.19 bits per heavy atom. The molecule has 2 bridgehead atoms. The monoisotopic (exact) mass is 375 g/mol. The van der Waals surface area contributed by atoms with Gasteiger partial charge in [0.05, 0.1) is 18.8 Å². The van der Waals surface area contributed by atoms with Crippen LogP contribution < -0.4 is 10.1 Å². The third-order valence-electron chi connectivity index (χ3n) is 5.48. The number of ether oxygens (including phenoxy) is 2. The number of carbonyl (C=O) groups is 1. The van der Waals surface area contributed by atoms with Gasteiger partial charge >= 0.3 is 0 Å². The zero-order valence-electron chi connectivity index (χ0n) is 15.7. The summed E-state index contributed by atoms with van der Waals surface area (Å²) in [6.45, 7) is 5.54. The minimum atomic E-state index is -0.506. The summed E-state index contributed by atoms with van der Waals surface area (Å²) in [6, 6.07) is 7.91. The van der Waals surface area contributed by atoms with E-state index in [0.29, 0.717) is 38.4 Å². The Balaban J connectivity index is 1.19. The van der Waals surface area contributed by atoms with Crippen molar-refractivity contribution in [2.75, 3.05) is 45.9 Å². The van der Waals surface area contributed by atoms with Gasteiger partial charge in [-0.1, -0.05) is 12.1 Å². The second kappa shape index (κ2) is 8.56. The van der Waals surface area contributed by atoms with E-state index in [2.05, 4.69) is 15.1 Å². The molecule has 3 fully saturated rings. The number of nitrogens with zero attached hydrogens (tertiary/aromatic N) is 2. The number of morpholine rings is 1. The van der Waals surface area contributed by atoms with E-state index in [1.54, 1.807) is 0 Å². The van der Waals surface area contributed by atoms with Gasteiger partial charge in [-0.05, 0) is 30.5 Å². The van der Waals surface area contributed by atoms with E-state index in [-0.39, 0.29) is 5.91 Å². The third kappa shape index (κ3) is 5.19.